The van der Waals surface area contributed by atoms with E-state index >= 15 is 0 Å². The Balaban J connectivity index is 1.57. The van der Waals surface area contributed by atoms with Gasteiger partial charge in [0.2, 0.25) is 0 Å². The van der Waals surface area contributed by atoms with E-state index in [1.165, 1.54) is 0 Å². The number of hydrogen-bond donors (Lipinski definition) is 0. The van der Waals surface area contributed by atoms with Gasteiger partial charge in [0, 0.05) is 26.9 Å². The average molecular weight is 431 g/mol. The van der Waals surface area contributed by atoms with Crippen LogP contribution in [0.4, 0.5) is 0 Å². The maximum atomic E-state index is 6.53. The number of hydrogen-bond acceptors (Lipinski definition) is 1. The summed E-state index contributed by atoms with van der Waals surface area (Å²) in [7, 11) is 0. The van der Waals surface area contributed by atoms with Crippen molar-refractivity contribution in [1.82, 2.24) is 0 Å². The van der Waals surface area contributed by atoms with Crippen LogP contribution in [-0.2, 0) is 0 Å². The van der Waals surface area contributed by atoms with Gasteiger partial charge in [-0.3, -0.25) is 0 Å². The smallest absolute Gasteiger partial charge is 0.143 e. The first-order chi connectivity index (χ1) is 15.8. The number of fused-ring (bicyclic) bond motifs is 3. The van der Waals surface area contributed by atoms with E-state index in [4.69, 9.17) is 16.0 Å². The zero-order chi connectivity index (χ0) is 21.5. The largest absolute Gasteiger partial charge is 0.455 e. The van der Waals surface area contributed by atoms with Crippen molar-refractivity contribution in [3.63, 3.8) is 0 Å². The van der Waals surface area contributed by atoms with Crippen molar-refractivity contribution >= 4 is 33.5 Å². The lowest BCUT2D eigenvalue weighted by Crippen LogP contribution is -1.86. The lowest BCUT2D eigenvalue weighted by atomic mass is 9.93. The Bertz CT molecular complexity index is 1580. The Morgan fingerprint density at radius 2 is 1.16 bits per heavy atom. The summed E-state index contributed by atoms with van der Waals surface area (Å²) in [5, 5.41) is 2.99. The van der Waals surface area contributed by atoms with Crippen LogP contribution in [0.3, 0.4) is 0 Å². The Labute approximate surface area is 191 Å². The van der Waals surface area contributed by atoms with E-state index in [1.807, 2.05) is 24.3 Å². The second-order valence-electron chi connectivity index (χ2n) is 7.89. The minimum absolute atomic E-state index is 0.752. The lowest BCUT2D eigenvalue weighted by molar-refractivity contribution is 0.670. The zero-order valence-corrected chi connectivity index (χ0v) is 18.0. The van der Waals surface area contributed by atoms with Gasteiger partial charge in [0.1, 0.15) is 11.2 Å². The maximum Gasteiger partial charge on any atom is 0.143 e. The van der Waals surface area contributed by atoms with Gasteiger partial charge in [-0.15, -0.1) is 0 Å². The van der Waals surface area contributed by atoms with Crippen LogP contribution in [0.1, 0.15) is 0 Å². The molecule has 0 radical (unpaired) electrons. The van der Waals surface area contributed by atoms with Crippen molar-refractivity contribution < 1.29 is 4.42 Å². The number of benzene rings is 5. The summed E-state index contributed by atoms with van der Waals surface area (Å²) in [5.41, 5.74) is 8.52. The zero-order valence-electron chi connectivity index (χ0n) is 17.3. The molecule has 0 bridgehead atoms. The molecular formula is C30H19ClO. The molecule has 0 atom stereocenters. The van der Waals surface area contributed by atoms with E-state index in [0.29, 0.717) is 0 Å². The topological polar surface area (TPSA) is 13.1 Å². The van der Waals surface area contributed by atoms with Crippen LogP contribution in [0.25, 0.3) is 55.3 Å². The van der Waals surface area contributed by atoms with Crippen LogP contribution >= 0.6 is 11.6 Å². The summed E-state index contributed by atoms with van der Waals surface area (Å²) < 4.78 is 6.34. The Morgan fingerprint density at radius 1 is 0.469 bits per heavy atom. The van der Waals surface area contributed by atoms with Gasteiger partial charge in [0.15, 0.2) is 0 Å². The third-order valence-electron chi connectivity index (χ3n) is 5.98. The van der Waals surface area contributed by atoms with Gasteiger partial charge in [-0.05, 0) is 40.5 Å². The highest BCUT2D eigenvalue weighted by Gasteiger charge is 2.15. The summed E-state index contributed by atoms with van der Waals surface area (Å²) in [5.74, 6) is 0. The van der Waals surface area contributed by atoms with E-state index in [-0.39, 0.29) is 0 Å². The van der Waals surface area contributed by atoms with Crippen molar-refractivity contribution in [2.45, 2.75) is 0 Å². The predicted molar refractivity (Wildman–Crippen MR) is 135 cm³/mol. The molecule has 0 unspecified atom stereocenters. The molecule has 1 aromatic heterocycles. The van der Waals surface area contributed by atoms with Crippen LogP contribution < -0.4 is 0 Å². The van der Waals surface area contributed by atoms with Crippen LogP contribution in [0.5, 0.6) is 0 Å². The van der Waals surface area contributed by atoms with E-state index in [1.54, 1.807) is 0 Å². The maximum absolute atomic E-state index is 6.53. The number of rotatable bonds is 3. The van der Waals surface area contributed by atoms with Gasteiger partial charge in [-0.1, -0.05) is 109 Å². The molecule has 5 aromatic carbocycles. The highest BCUT2D eigenvalue weighted by atomic mass is 35.5. The second-order valence-corrected chi connectivity index (χ2v) is 8.29. The van der Waals surface area contributed by atoms with Crippen LogP contribution in [-0.4, -0.2) is 0 Å². The van der Waals surface area contributed by atoms with Gasteiger partial charge in [-0.2, -0.15) is 0 Å². The van der Waals surface area contributed by atoms with Gasteiger partial charge in [-0.25, -0.2) is 0 Å². The summed E-state index contributed by atoms with van der Waals surface area (Å²) in [6.07, 6.45) is 0. The molecule has 6 rings (SSSR count). The normalized spacial score (nSPS) is 11.3. The third kappa shape index (κ3) is 3.10. The standard InChI is InChI=1S/C30H19ClO/c31-28-16-7-6-13-25(28)24-12-5-4-11-22(24)21-17-18-29-27(19-21)26-15-8-14-23(30(26)32-29)20-9-2-1-3-10-20/h1-19H. The molecule has 1 nitrogen and oxygen atoms in total. The van der Waals surface area contributed by atoms with Gasteiger partial charge < -0.3 is 4.42 Å². The van der Waals surface area contributed by atoms with Crippen molar-refractivity contribution in [3.8, 4) is 33.4 Å². The van der Waals surface area contributed by atoms with Crippen molar-refractivity contribution in [1.29, 1.82) is 0 Å². The summed E-state index contributed by atoms with van der Waals surface area (Å²) in [4.78, 5) is 0. The molecule has 6 aromatic rings. The molecule has 0 aliphatic rings. The molecule has 0 N–H and O–H groups in total. The minimum atomic E-state index is 0.752. The quantitative estimate of drug-likeness (QED) is 0.272. The fourth-order valence-electron chi connectivity index (χ4n) is 4.46. The van der Waals surface area contributed by atoms with Crippen molar-refractivity contribution in [3.05, 3.63) is 120 Å². The van der Waals surface area contributed by atoms with E-state index < -0.39 is 0 Å². The van der Waals surface area contributed by atoms with Crippen LogP contribution in [0, 0.1) is 0 Å². The minimum Gasteiger partial charge on any atom is -0.455 e. The molecule has 0 aliphatic heterocycles. The molecule has 152 valence electrons. The van der Waals surface area contributed by atoms with Gasteiger partial charge in [0.25, 0.3) is 0 Å². The second kappa shape index (κ2) is 7.71. The fourth-order valence-corrected chi connectivity index (χ4v) is 4.70. The number of furan rings is 1. The van der Waals surface area contributed by atoms with Gasteiger partial charge in [0.05, 0.1) is 0 Å². The molecule has 32 heavy (non-hydrogen) atoms. The predicted octanol–water partition coefficient (Wildman–Crippen LogP) is 9.24. The molecule has 0 saturated heterocycles. The molecular weight excluding hydrogens is 412 g/mol. The number of para-hydroxylation sites is 1. The van der Waals surface area contributed by atoms with Crippen LogP contribution in [0.2, 0.25) is 5.02 Å². The Kier molecular flexibility index (Phi) is 4.56. The molecule has 0 aliphatic carbocycles. The van der Waals surface area contributed by atoms with Gasteiger partial charge >= 0.3 is 0 Å². The third-order valence-corrected chi connectivity index (χ3v) is 6.31. The summed E-state index contributed by atoms with van der Waals surface area (Å²) in [6, 6.07) is 39.6. The van der Waals surface area contributed by atoms with E-state index in [9.17, 15) is 0 Å². The van der Waals surface area contributed by atoms with Crippen molar-refractivity contribution in [2.24, 2.45) is 0 Å². The SMILES string of the molecule is Clc1ccccc1-c1ccccc1-c1ccc2oc3c(-c4ccccc4)cccc3c2c1. The van der Waals surface area contributed by atoms with Crippen LogP contribution in [0.15, 0.2) is 120 Å². The first-order valence-electron chi connectivity index (χ1n) is 10.6. The fraction of sp³-hybridized carbons (Fsp3) is 0. The van der Waals surface area contributed by atoms with Crippen molar-refractivity contribution in [2.75, 3.05) is 0 Å². The summed E-state index contributed by atoms with van der Waals surface area (Å²) in [6.45, 7) is 0. The molecule has 0 spiro atoms. The molecule has 2 heteroatoms. The average Bonchev–Trinajstić information content (AvgIpc) is 3.23. The van der Waals surface area contributed by atoms with E-state index in [2.05, 4.69) is 91.0 Å². The highest BCUT2D eigenvalue weighted by molar-refractivity contribution is 6.33. The van der Waals surface area contributed by atoms with E-state index in [0.717, 1.165) is 60.3 Å². The monoisotopic (exact) mass is 430 g/mol. The first kappa shape index (κ1) is 18.9. The highest BCUT2D eigenvalue weighted by Crippen LogP contribution is 2.40. The number of halogens is 1. The Morgan fingerprint density at radius 3 is 1.97 bits per heavy atom. The molecule has 0 fully saturated rings. The lowest BCUT2D eigenvalue weighted by Gasteiger charge is -2.11. The first-order valence-corrected chi connectivity index (χ1v) is 11.0. The summed E-state index contributed by atoms with van der Waals surface area (Å²) >= 11 is 6.53. The Hall–Kier alpha value is -3.81. The molecule has 0 amide bonds. The molecule has 1 heterocycles. The molecule has 0 saturated carbocycles.